The Kier molecular flexibility index (Phi) is 5.66. The summed E-state index contributed by atoms with van der Waals surface area (Å²) in [7, 11) is 1.64. The van der Waals surface area contributed by atoms with Gasteiger partial charge in [0.1, 0.15) is 0 Å². The third-order valence-electron chi connectivity index (χ3n) is 4.25. The maximum absolute atomic E-state index is 11.6. The third kappa shape index (κ3) is 4.04. The normalized spacial score (nSPS) is 18.3. The van der Waals surface area contributed by atoms with Crippen molar-refractivity contribution in [1.82, 2.24) is 10.2 Å². The molecule has 1 atom stereocenters. The number of nitrogens with one attached hydrogen (secondary N) is 1. The summed E-state index contributed by atoms with van der Waals surface area (Å²) < 4.78 is 7.04. The summed E-state index contributed by atoms with van der Waals surface area (Å²) in [4.78, 5) is 14.0. The molecule has 0 bridgehead atoms. The van der Waals surface area contributed by atoms with Crippen molar-refractivity contribution in [3.63, 3.8) is 0 Å². The Morgan fingerprint density at radius 1 is 1.25 bits per heavy atom. The number of carbonyl (C=O) groups is 1. The largest absolute Gasteiger partial charge is 0.371 e. The van der Waals surface area contributed by atoms with Gasteiger partial charge < -0.3 is 10.1 Å². The lowest BCUT2D eigenvalue weighted by molar-refractivity contribution is -0.0332. The SMILES string of the molecule is CNC(=O)c1ccc(CN2CCOC(c3ccccc3Br)C2)cc1. The molecule has 1 fully saturated rings. The van der Waals surface area contributed by atoms with Gasteiger partial charge in [0.2, 0.25) is 0 Å². The molecule has 0 saturated carbocycles. The second-order valence-corrected chi connectivity index (χ2v) is 6.75. The second kappa shape index (κ2) is 7.92. The molecule has 1 aliphatic heterocycles. The molecule has 1 saturated heterocycles. The minimum absolute atomic E-state index is 0.0538. The number of hydrogen-bond acceptors (Lipinski definition) is 3. The van der Waals surface area contributed by atoms with Crippen molar-refractivity contribution in [3.8, 4) is 0 Å². The number of halogens is 1. The number of rotatable bonds is 4. The molecule has 5 heteroatoms. The fraction of sp³-hybridized carbons (Fsp3) is 0.316. The summed E-state index contributed by atoms with van der Waals surface area (Å²) in [6.07, 6.45) is 0.0828. The van der Waals surface area contributed by atoms with Crippen molar-refractivity contribution in [2.75, 3.05) is 26.7 Å². The van der Waals surface area contributed by atoms with Crippen molar-refractivity contribution in [3.05, 3.63) is 69.7 Å². The van der Waals surface area contributed by atoms with Crippen LogP contribution in [0.15, 0.2) is 53.0 Å². The van der Waals surface area contributed by atoms with Crippen LogP contribution in [-0.2, 0) is 11.3 Å². The molecule has 0 radical (unpaired) electrons. The van der Waals surface area contributed by atoms with Crippen molar-refractivity contribution in [2.45, 2.75) is 12.6 Å². The fourth-order valence-corrected chi connectivity index (χ4v) is 3.47. The molecule has 1 unspecified atom stereocenters. The van der Waals surface area contributed by atoms with Crippen LogP contribution in [0.3, 0.4) is 0 Å². The van der Waals surface area contributed by atoms with Gasteiger partial charge in [-0.2, -0.15) is 0 Å². The molecule has 2 aromatic carbocycles. The van der Waals surface area contributed by atoms with E-state index in [9.17, 15) is 4.79 Å². The van der Waals surface area contributed by atoms with Crippen LogP contribution in [0.5, 0.6) is 0 Å². The van der Waals surface area contributed by atoms with Crippen molar-refractivity contribution in [1.29, 1.82) is 0 Å². The first kappa shape index (κ1) is 17.1. The quantitative estimate of drug-likeness (QED) is 0.872. The van der Waals surface area contributed by atoms with E-state index in [2.05, 4.69) is 38.3 Å². The summed E-state index contributed by atoms with van der Waals surface area (Å²) in [5.74, 6) is -0.0538. The highest BCUT2D eigenvalue weighted by molar-refractivity contribution is 9.10. The average Bonchev–Trinajstić information content (AvgIpc) is 2.62. The molecule has 1 heterocycles. The van der Waals surface area contributed by atoms with E-state index >= 15 is 0 Å². The van der Waals surface area contributed by atoms with Crippen LogP contribution in [0, 0.1) is 0 Å². The van der Waals surface area contributed by atoms with Gasteiger partial charge in [-0.15, -0.1) is 0 Å². The number of morpholine rings is 1. The van der Waals surface area contributed by atoms with Crippen LogP contribution in [0.2, 0.25) is 0 Å². The van der Waals surface area contributed by atoms with Crippen molar-refractivity contribution < 1.29 is 9.53 Å². The Morgan fingerprint density at radius 2 is 2.00 bits per heavy atom. The first-order chi connectivity index (χ1) is 11.7. The summed E-state index contributed by atoms with van der Waals surface area (Å²) in [6.45, 7) is 3.36. The zero-order valence-corrected chi connectivity index (χ0v) is 15.3. The molecule has 0 spiro atoms. The number of hydrogen-bond donors (Lipinski definition) is 1. The van der Waals surface area contributed by atoms with E-state index < -0.39 is 0 Å². The van der Waals surface area contributed by atoms with Gasteiger partial charge in [0.15, 0.2) is 0 Å². The van der Waals surface area contributed by atoms with Gasteiger partial charge in [-0.05, 0) is 29.3 Å². The van der Waals surface area contributed by atoms with Crippen molar-refractivity contribution >= 4 is 21.8 Å². The maximum atomic E-state index is 11.6. The zero-order valence-electron chi connectivity index (χ0n) is 13.7. The number of amides is 1. The molecule has 126 valence electrons. The van der Waals surface area contributed by atoms with Gasteiger partial charge >= 0.3 is 0 Å². The highest BCUT2D eigenvalue weighted by atomic mass is 79.9. The van der Waals surface area contributed by atoms with Gasteiger partial charge in [0.25, 0.3) is 5.91 Å². The number of benzene rings is 2. The van der Waals surface area contributed by atoms with E-state index in [0.29, 0.717) is 5.56 Å². The topological polar surface area (TPSA) is 41.6 Å². The summed E-state index contributed by atoms with van der Waals surface area (Å²) in [5, 5.41) is 2.64. The molecule has 0 aromatic heterocycles. The number of ether oxygens (including phenoxy) is 1. The van der Waals surface area contributed by atoms with Crippen molar-refractivity contribution in [2.24, 2.45) is 0 Å². The molecule has 1 aliphatic rings. The average molecular weight is 389 g/mol. The number of nitrogens with zero attached hydrogens (tertiary/aromatic N) is 1. The number of carbonyl (C=O) groups excluding carboxylic acids is 1. The molecule has 4 nitrogen and oxygen atoms in total. The highest BCUT2D eigenvalue weighted by Crippen LogP contribution is 2.29. The predicted molar refractivity (Wildman–Crippen MR) is 97.9 cm³/mol. The molecule has 1 N–H and O–H groups in total. The van der Waals surface area contributed by atoms with Gasteiger partial charge in [-0.1, -0.05) is 46.3 Å². The van der Waals surface area contributed by atoms with Gasteiger partial charge in [0, 0.05) is 36.7 Å². The first-order valence-electron chi connectivity index (χ1n) is 8.07. The van der Waals surface area contributed by atoms with Crippen LogP contribution >= 0.6 is 15.9 Å². The lowest BCUT2D eigenvalue weighted by Gasteiger charge is -2.33. The fourth-order valence-electron chi connectivity index (χ4n) is 2.93. The van der Waals surface area contributed by atoms with E-state index in [1.165, 1.54) is 11.1 Å². The predicted octanol–water partition coefficient (Wildman–Crippen LogP) is 3.38. The molecule has 3 rings (SSSR count). The Balaban J connectivity index is 1.65. The second-order valence-electron chi connectivity index (χ2n) is 5.89. The summed E-state index contributed by atoms with van der Waals surface area (Å²) >= 11 is 3.61. The summed E-state index contributed by atoms with van der Waals surface area (Å²) in [6, 6.07) is 16.0. The van der Waals surface area contributed by atoms with Gasteiger partial charge in [0.05, 0.1) is 12.7 Å². The van der Waals surface area contributed by atoms with Crippen LogP contribution in [0.25, 0.3) is 0 Å². The molecular weight excluding hydrogens is 368 g/mol. The Bertz CT molecular complexity index is 703. The Morgan fingerprint density at radius 3 is 2.71 bits per heavy atom. The third-order valence-corrected chi connectivity index (χ3v) is 4.97. The first-order valence-corrected chi connectivity index (χ1v) is 8.86. The smallest absolute Gasteiger partial charge is 0.251 e. The lowest BCUT2D eigenvalue weighted by Crippen LogP contribution is -2.37. The molecular formula is C19H21BrN2O2. The van der Waals surface area contributed by atoms with Crippen LogP contribution in [0.4, 0.5) is 0 Å². The van der Waals surface area contributed by atoms with Crippen LogP contribution in [-0.4, -0.2) is 37.6 Å². The van der Waals surface area contributed by atoms with E-state index in [4.69, 9.17) is 4.74 Å². The van der Waals surface area contributed by atoms with Gasteiger partial charge in [-0.3, -0.25) is 9.69 Å². The van der Waals surface area contributed by atoms with E-state index in [1.54, 1.807) is 7.05 Å². The van der Waals surface area contributed by atoms with Gasteiger partial charge in [-0.25, -0.2) is 0 Å². The Labute approximate surface area is 150 Å². The highest BCUT2D eigenvalue weighted by Gasteiger charge is 2.23. The minimum Gasteiger partial charge on any atom is -0.371 e. The minimum atomic E-state index is -0.0538. The van der Waals surface area contributed by atoms with E-state index in [-0.39, 0.29) is 12.0 Å². The standard InChI is InChI=1S/C19H21BrN2O2/c1-21-19(23)15-8-6-14(7-9-15)12-22-10-11-24-18(13-22)16-4-2-3-5-17(16)20/h2-9,18H,10-13H2,1H3,(H,21,23). The Hall–Kier alpha value is -1.69. The molecule has 2 aromatic rings. The monoisotopic (exact) mass is 388 g/mol. The summed E-state index contributed by atoms with van der Waals surface area (Å²) in [5.41, 5.74) is 3.09. The van der Waals surface area contributed by atoms with E-state index in [1.807, 2.05) is 36.4 Å². The molecule has 0 aliphatic carbocycles. The maximum Gasteiger partial charge on any atom is 0.251 e. The molecule has 24 heavy (non-hydrogen) atoms. The zero-order chi connectivity index (χ0) is 16.9. The lowest BCUT2D eigenvalue weighted by atomic mass is 10.1. The molecule has 1 amide bonds. The van der Waals surface area contributed by atoms with E-state index in [0.717, 1.165) is 30.7 Å². The van der Waals surface area contributed by atoms with Crippen LogP contribution in [0.1, 0.15) is 27.6 Å². The van der Waals surface area contributed by atoms with Crippen LogP contribution < -0.4 is 5.32 Å².